The smallest absolute Gasteiger partial charge is 0.407 e. The summed E-state index contributed by atoms with van der Waals surface area (Å²) in [6, 6.07) is 0. The van der Waals surface area contributed by atoms with Gasteiger partial charge in [-0.2, -0.15) is 0 Å². The number of amides is 1. The molecule has 0 aromatic carbocycles. The minimum absolute atomic E-state index is 0.00417. The van der Waals surface area contributed by atoms with Crippen molar-refractivity contribution in [2.24, 2.45) is 0 Å². The molecular formula is C9H16NO4. The van der Waals surface area contributed by atoms with Crippen LogP contribution in [0.1, 0.15) is 33.6 Å². The molecule has 0 fully saturated rings. The minimum Gasteiger partial charge on any atom is -0.481 e. The van der Waals surface area contributed by atoms with E-state index in [0.29, 0.717) is 0 Å². The van der Waals surface area contributed by atoms with Gasteiger partial charge in [-0.15, -0.1) is 0 Å². The minimum atomic E-state index is -0.896. The predicted molar refractivity (Wildman–Crippen MR) is 50.5 cm³/mol. The van der Waals surface area contributed by atoms with Gasteiger partial charge < -0.3 is 15.2 Å². The first-order valence-corrected chi connectivity index (χ1v) is 4.34. The molecule has 14 heavy (non-hydrogen) atoms. The fraction of sp³-hybridized carbons (Fsp3) is 0.667. The van der Waals surface area contributed by atoms with E-state index in [1.165, 1.54) is 6.54 Å². The largest absolute Gasteiger partial charge is 0.481 e. The highest BCUT2D eigenvalue weighted by Crippen LogP contribution is 2.06. The molecule has 0 saturated heterocycles. The summed E-state index contributed by atoms with van der Waals surface area (Å²) in [5.41, 5.74) is -0.537. The highest BCUT2D eigenvalue weighted by atomic mass is 16.6. The Bertz CT molecular complexity index is 207. The van der Waals surface area contributed by atoms with Gasteiger partial charge in [0.25, 0.3) is 0 Å². The zero-order valence-corrected chi connectivity index (χ0v) is 8.66. The number of ether oxygens (including phenoxy) is 1. The van der Waals surface area contributed by atoms with Crippen LogP contribution in [0.5, 0.6) is 0 Å². The number of carboxylic acid groups (broad SMARTS) is 1. The lowest BCUT2D eigenvalue weighted by Gasteiger charge is -2.19. The number of carboxylic acids is 1. The van der Waals surface area contributed by atoms with Gasteiger partial charge in [-0.25, -0.2) is 4.79 Å². The van der Waals surface area contributed by atoms with Crippen molar-refractivity contribution >= 4 is 12.1 Å². The normalized spacial score (nSPS) is 10.8. The van der Waals surface area contributed by atoms with Gasteiger partial charge in [0, 0.05) is 6.42 Å². The Kier molecular flexibility index (Phi) is 4.97. The molecule has 0 aliphatic heterocycles. The van der Waals surface area contributed by atoms with E-state index in [1.807, 2.05) is 0 Å². The quantitative estimate of drug-likeness (QED) is 0.678. The van der Waals surface area contributed by atoms with Crippen LogP contribution in [0.2, 0.25) is 0 Å². The van der Waals surface area contributed by atoms with Crippen molar-refractivity contribution in [3.63, 3.8) is 0 Å². The van der Waals surface area contributed by atoms with E-state index in [9.17, 15) is 9.59 Å². The Hall–Kier alpha value is -1.26. The van der Waals surface area contributed by atoms with Crippen molar-refractivity contribution in [2.45, 2.75) is 39.2 Å². The van der Waals surface area contributed by atoms with E-state index in [1.54, 1.807) is 20.8 Å². The highest BCUT2D eigenvalue weighted by molar-refractivity contribution is 5.69. The molecule has 0 aliphatic rings. The molecular weight excluding hydrogens is 186 g/mol. The number of carbonyl (C=O) groups is 2. The van der Waals surface area contributed by atoms with E-state index in [2.05, 4.69) is 5.32 Å². The number of carbonyl (C=O) groups excluding carboxylic acids is 1. The zero-order chi connectivity index (χ0) is 11.2. The third-order valence-electron chi connectivity index (χ3n) is 1.12. The van der Waals surface area contributed by atoms with Crippen LogP contribution in [-0.4, -0.2) is 22.8 Å². The zero-order valence-electron chi connectivity index (χ0n) is 8.66. The van der Waals surface area contributed by atoms with Crippen LogP contribution in [0.3, 0.4) is 0 Å². The molecule has 0 heterocycles. The Morgan fingerprint density at radius 1 is 1.43 bits per heavy atom. The third kappa shape index (κ3) is 8.83. The van der Waals surface area contributed by atoms with E-state index >= 15 is 0 Å². The van der Waals surface area contributed by atoms with Crippen molar-refractivity contribution in [3.8, 4) is 0 Å². The summed E-state index contributed by atoms with van der Waals surface area (Å²) in [5, 5.41) is 10.6. The lowest BCUT2D eigenvalue weighted by molar-refractivity contribution is -0.137. The molecule has 5 nitrogen and oxygen atoms in total. The molecule has 0 aromatic rings. The topological polar surface area (TPSA) is 75.6 Å². The van der Waals surface area contributed by atoms with E-state index in [4.69, 9.17) is 9.84 Å². The number of rotatable bonds is 4. The van der Waals surface area contributed by atoms with Crippen molar-refractivity contribution in [1.82, 2.24) is 5.32 Å². The fourth-order valence-electron chi connectivity index (χ4n) is 0.659. The van der Waals surface area contributed by atoms with Gasteiger partial charge in [-0.1, -0.05) is 0 Å². The molecule has 0 atom stereocenters. The van der Waals surface area contributed by atoms with Crippen LogP contribution in [0.4, 0.5) is 4.79 Å². The van der Waals surface area contributed by atoms with Crippen LogP contribution in [-0.2, 0) is 9.53 Å². The maximum Gasteiger partial charge on any atom is 0.407 e. The van der Waals surface area contributed by atoms with Crippen LogP contribution < -0.4 is 5.32 Å². The van der Waals surface area contributed by atoms with E-state index in [0.717, 1.165) is 0 Å². The fourth-order valence-corrected chi connectivity index (χ4v) is 0.659. The second kappa shape index (κ2) is 5.47. The lowest BCUT2D eigenvalue weighted by atomic mass is 10.2. The molecule has 0 aliphatic carbocycles. The molecule has 5 heteroatoms. The summed E-state index contributed by atoms with van der Waals surface area (Å²) in [6.07, 6.45) is -0.285. The number of hydrogen-bond donors (Lipinski definition) is 2. The van der Waals surface area contributed by atoms with Crippen molar-refractivity contribution in [2.75, 3.05) is 0 Å². The van der Waals surface area contributed by atoms with Crippen LogP contribution in [0.15, 0.2) is 0 Å². The summed E-state index contributed by atoms with van der Waals surface area (Å²) >= 11 is 0. The van der Waals surface area contributed by atoms with Crippen molar-refractivity contribution in [3.05, 3.63) is 6.54 Å². The van der Waals surface area contributed by atoms with Gasteiger partial charge in [-0.05, 0) is 27.2 Å². The van der Waals surface area contributed by atoms with Crippen LogP contribution in [0, 0.1) is 6.54 Å². The second-order valence-corrected chi connectivity index (χ2v) is 3.78. The highest BCUT2D eigenvalue weighted by Gasteiger charge is 2.15. The average Bonchev–Trinajstić information content (AvgIpc) is 1.94. The number of alkyl carbamates (subject to hydrolysis) is 1. The van der Waals surface area contributed by atoms with Gasteiger partial charge in [-0.3, -0.25) is 4.79 Å². The number of hydrogen-bond acceptors (Lipinski definition) is 3. The summed E-state index contributed by atoms with van der Waals surface area (Å²) < 4.78 is 4.92. The SMILES string of the molecule is CC(C)(C)OC(=O)N[CH]CCC(=O)O. The van der Waals surface area contributed by atoms with Gasteiger partial charge in [0.15, 0.2) is 0 Å². The molecule has 0 unspecified atom stereocenters. The molecule has 1 radical (unpaired) electrons. The average molecular weight is 202 g/mol. The first-order chi connectivity index (χ1) is 6.31. The molecule has 0 rings (SSSR count). The first-order valence-electron chi connectivity index (χ1n) is 4.34. The van der Waals surface area contributed by atoms with E-state index in [-0.39, 0.29) is 12.8 Å². The predicted octanol–water partition coefficient (Wildman–Crippen LogP) is 1.54. The summed E-state index contributed by atoms with van der Waals surface area (Å²) in [6.45, 7) is 6.64. The van der Waals surface area contributed by atoms with Crippen molar-refractivity contribution in [1.29, 1.82) is 0 Å². The lowest BCUT2D eigenvalue weighted by Crippen LogP contribution is -2.31. The standard InChI is InChI=1S/C9H16NO4/c1-9(2,3)14-8(13)10-6-4-5-7(11)12/h6H,4-5H2,1-3H3,(H,10,13)(H,11,12). The number of aliphatic carboxylic acids is 1. The molecule has 0 spiro atoms. The molecule has 0 bridgehead atoms. The first kappa shape index (κ1) is 12.7. The Morgan fingerprint density at radius 3 is 2.43 bits per heavy atom. The Balaban J connectivity index is 3.50. The summed E-state index contributed by atoms with van der Waals surface area (Å²) in [7, 11) is 0. The maximum atomic E-state index is 11.0. The molecule has 2 N–H and O–H groups in total. The van der Waals surface area contributed by atoms with Crippen LogP contribution in [0.25, 0.3) is 0 Å². The summed E-state index contributed by atoms with van der Waals surface area (Å²) in [5.74, 6) is -0.896. The maximum absolute atomic E-state index is 11.0. The van der Waals surface area contributed by atoms with Gasteiger partial charge in [0.05, 0.1) is 6.54 Å². The second-order valence-electron chi connectivity index (χ2n) is 3.78. The Morgan fingerprint density at radius 2 is 2.00 bits per heavy atom. The summed E-state index contributed by atoms with van der Waals surface area (Å²) in [4.78, 5) is 21.1. The molecule has 1 amide bonds. The van der Waals surface area contributed by atoms with Gasteiger partial charge in [0.2, 0.25) is 0 Å². The number of nitrogens with one attached hydrogen (secondary N) is 1. The monoisotopic (exact) mass is 202 g/mol. The van der Waals surface area contributed by atoms with Crippen molar-refractivity contribution < 1.29 is 19.4 Å². The molecule has 81 valence electrons. The van der Waals surface area contributed by atoms with Gasteiger partial charge in [0.1, 0.15) is 5.60 Å². The van der Waals surface area contributed by atoms with E-state index < -0.39 is 17.7 Å². The Labute approximate surface area is 83.4 Å². The van der Waals surface area contributed by atoms with Crippen LogP contribution >= 0.6 is 0 Å². The molecule has 0 aromatic heterocycles. The third-order valence-corrected chi connectivity index (χ3v) is 1.12. The van der Waals surface area contributed by atoms with Gasteiger partial charge >= 0.3 is 12.1 Å². The molecule has 0 saturated carbocycles.